The van der Waals surface area contributed by atoms with Gasteiger partial charge >= 0.3 is 0 Å². The fraction of sp³-hybridized carbons (Fsp3) is 0.0833. The molecule has 0 unspecified atom stereocenters. The van der Waals surface area contributed by atoms with Crippen molar-refractivity contribution < 1.29 is 4.92 Å². The summed E-state index contributed by atoms with van der Waals surface area (Å²) in [6.07, 6.45) is 1.68. The number of nitrogens with zero attached hydrogens (tertiary/aromatic N) is 2. The molecule has 21 heavy (non-hydrogen) atoms. The first-order chi connectivity index (χ1) is 9.88. The van der Waals surface area contributed by atoms with E-state index in [-0.39, 0.29) is 11.3 Å². The first-order valence-corrected chi connectivity index (χ1v) is 8.77. The zero-order chi connectivity index (χ0) is 15.5. The maximum absolute atomic E-state index is 10.8. The van der Waals surface area contributed by atoms with E-state index in [1.165, 1.54) is 33.7 Å². The minimum Gasteiger partial charge on any atom is -0.258 e. The number of benzene rings is 1. The minimum absolute atomic E-state index is 0.122. The van der Waals surface area contributed by atoms with Crippen LogP contribution in [-0.4, -0.2) is 9.91 Å². The lowest BCUT2D eigenvalue weighted by Gasteiger charge is -2.15. The molecule has 0 aliphatic heterocycles. The number of hydrogen-bond acceptors (Lipinski definition) is 5. The molecule has 0 bridgehead atoms. The van der Waals surface area contributed by atoms with Gasteiger partial charge in [0, 0.05) is 28.8 Å². The van der Waals surface area contributed by atoms with Crippen LogP contribution in [0, 0.1) is 10.1 Å². The quantitative estimate of drug-likeness (QED) is 0.298. The summed E-state index contributed by atoms with van der Waals surface area (Å²) in [5.74, 6) is 0. The van der Waals surface area contributed by atoms with Crippen LogP contribution >= 0.6 is 56.4 Å². The van der Waals surface area contributed by atoms with Crippen LogP contribution in [0.3, 0.4) is 0 Å². The van der Waals surface area contributed by atoms with Gasteiger partial charge in [-0.1, -0.05) is 51.7 Å². The van der Waals surface area contributed by atoms with Gasteiger partial charge < -0.3 is 0 Å². The van der Waals surface area contributed by atoms with Gasteiger partial charge in [-0.15, -0.1) is 0 Å². The fourth-order valence-corrected chi connectivity index (χ4v) is 4.14. The Hall–Kier alpha value is -0.660. The largest absolute Gasteiger partial charge is 0.269 e. The summed E-state index contributed by atoms with van der Waals surface area (Å²) in [6, 6.07) is 9.73. The Morgan fingerprint density at radius 2 is 1.90 bits per heavy atom. The summed E-state index contributed by atoms with van der Waals surface area (Å²) in [6.45, 7) is 0. The highest BCUT2D eigenvalue weighted by molar-refractivity contribution is 8.76. The lowest BCUT2D eigenvalue weighted by Crippen LogP contribution is -2.03. The van der Waals surface area contributed by atoms with Gasteiger partial charge in [0.1, 0.15) is 5.03 Å². The Morgan fingerprint density at radius 1 is 1.14 bits per heavy atom. The molecule has 1 aromatic carbocycles. The first kappa shape index (κ1) is 16.7. The molecule has 4 nitrogen and oxygen atoms in total. The fourth-order valence-electron chi connectivity index (χ4n) is 1.41. The van der Waals surface area contributed by atoms with Gasteiger partial charge in [-0.05, 0) is 29.0 Å². The third-order valence-electron chi connectivity index (χ3n) is 2.33. The predicted octanol–water partition coefficient (Wildman–Crippen LogP) is 5.62. The molecule has 2 rings (SSSR count). The number of aromatic nitrogens is 1. The van der Waals surface area contributed by atoms with Gasteiger partial charge in [0.05, 0.1) is 4.92 Å². The van der Waals surface area contributed by atoms with Crippen LogP contribution in [0.15, 0.2) is 52.5 Å². The third-order valence-corrected chi connectivity index (χ3v) is 5.28. The van der Waals surface area contributed by atoms with Gasteiger partial charge in [-0.25, -0.2) is 4.98 Å². The van der Waals surface area contributed by atoms with Gasteiger partial charge in [-0.2, -0.15) is 0 Å². The normalized spacial score (nSPS) is 11.4. The van der Waals surface area contributed by atoms with E-state index in [1.807, 2.05) is 18.2 Å². The van der Waals surface area contributed by atoms with E-state index in [4.69, 9.17) is 34.8 Å². The summed E-state index contributed by atoms with van der Waals surface area (Å²) >= 11 is 17.7. The Labute approximate surface area is 143 Å². The van der Waals surface area contributed by atoms with Crippen molar-refractivity contribution in [1.82, 2.24) is 4.98 Å². The highest BCUT2D eigenvalue weighted by Gasteiger charge is 2.28. The van der Waals surface area contributed by atoms with Crippen molar-refractivity contribution in [2.75, 3.05) is 0 Å². The van der Waals surface area contributed by atoms with E-state index in [2.05, 4.69) is 4.98 Å². The van der Waals surface area contributed by atoms with Gasteiger partial charge in [-0.3, -0.25) is 10.1 Å². The lowest BCUT2D eigenvalue weighted by atomic mass is 10.2. The molecule has 0 saturated heterocycles. The van der Waals surface area contributed by atoms with E-state index in [9.17, 15) is 10.1 Å². The lowest BCUT2D eigenvalue weighted by molar-refractivity contribution is -0.385. The molecule has 9 heteroatoms. The first-order valence-electron chi connectivity index (χ1n) is 5.49. The number of nitro groups is 1. The van der Waals surface area contributed by atoms with Crippen LogP contribution in [0.1, 0.15) is 5.56 Å². The second-order valence-electron chi connectivity index (χ2n) is 3.77. The van der Waals surface area contributed by atoms with E-state index < -0.39 is 8.72 Å². The second kappa shape index (κ2) is 7.07. The molecule has 2 aromatic rings. The molecule has 0 atom stereocenters. The Bertz CT molecular complexity index is 651. The molecular weight excluding hydrogens is 375 g/mol. The van der Waals surface area contributed by atoms with Crippen LogP contribution < -0.4 is 0 Å². The standard InChI is InChI=1S/C12H7Cl3N2O2S2/c13-12(14,15)9-7-8(17(18)19)4-5-10(9)20-21-11-3-1-2-6-16-11/h1-7H. The maximum Gasteiger partial charge on any atom is 0.269 e. The number of nitro benzene ring substituents is 1. The van der Waals surface area contributed by atoms with Crippen molar-refractivity contribution in [3.8, 4) is 0 Å². The zero-order valence-corrected chi connectivity index (χ0v) is 14.1. The van der Waals surface area contributed by atoms with Gasteiger partial charge in [0.15, 0.2) is 0 Å². The van der Waals surface area contributed by atoms with Crippen LogP contribution in [0.4, 0.5) is 5.69 Å². The number of pyridine rings is 1. The monoisotopic (exact) mass is 380 g/mol. The van der Waals surface area contributed by atoms with Crippen LogP contribution in [0.2, 0.25) is 0 Å². The van der Waals surface area contributed by atoms with Crippen molar-refractivity contribution in [2.24, 2.45) is 0 Å². The van der Waals surface area contributed by atoms with Crippen molar-refractivity contribution in [3.05, 3.63) is 58.3 Å². The molecule has 0 saturated carbocycles. The van der Waals surface area contributed by atoms with Crippen molar-refractivity contribution in [1.29, 1.82) is 0 Å². The van der Waals surface area contributed by atoms with Crippen LogP contribution in [0.5, 0.6) is 0 Å². The molecule has 1 heterocycles. The Morgan fingerprint density at radius 3 is 2.48 bits per heavy atom. The summed E-state index contributed by atoms with van der Waals surface area (Å²) in [5, 5.41) is 11.6. The Kier molecular flexibility index (Phi) is 5.62. The molecule has 110 valence electrons. The van der Waals surface area contributed by atoms with Crippen LogP contribution in [0.25, 0.3) is 0 Å². The van der Waals surface area contributed by atoms with E-state index in [0.717, 1.165) is 5.03 Å². The minimum atomic E-state index is -1.74. The van der Waals surface area contributed by atoms with E-state index in [1.54, 1.807) is 12.3 Å². The zero-order valence-electron chi connectivity index (χ0n) is 10.2. The molecule has 0 N–H and O–H groups in total. The average molecular weight is 382 g/mol. The number of rotatable bonds is 4. The molecular formula is C12H7Cl3N2O2S2. The van der Waals surface area contributed by atoms with Crippen molar-refractivity contribution >= 4 is 62.1 Å². The number of alkyl halides is 3. The molecule has 0 spiro atoms. The average Bonchev–Trinajstić information content (AvgIpc) is 2.45. The number of halogens is 3. The second-order valence-corrected chi connectivity index (χ2v) is 8.24. The molecule has 0 aliphatic rings. The Balaban J connectivity index is 2.28. The van der Waals surface area contributed by atoms with Gasteiger partial charge in [0.2, 0.25) is 3.79 Å². The van der Waals surface area contributed by atoms with E-state index in [0.29, 0.717) is 4.90 Å². The molecule has 0 radical (unpaired) electrons. The molecule has 0 fully saturated rings. The SMILES string of the molecule is O=[N+]([O-])c1ccc(SSc2ccccn2)c(C(Cl)(Cl)Cl)c1. The van der Waals surface area contributed by atoms with E-state index >= 15 is 0 Å². The molecule has 0 amide bonds. The predicted molar refractivity (Wildman–Crippen MR) is 88.3 cm³/mol. The summed E-state index contributed by atoms with van der Waals surface area (Å²) in [7, 11) is 2.70. The topological polar surface area (TPSA) is 56.0 Å². The highest BCUT2D eigenvalue weighted by atomic mass is 35.6. The molecule has 1 aromatic heterocycles. The number of non-ortho nitro benzene ring substituents is 1. The molecule has 0 aliphatic carbocycles. The summed E-state index contributed by atoms with van der Waals surface area (Å²) in [5.41, 5.74) is 0.152. The third kappa shape index (κ3) is 4.66. The van der Waals surface area contributed by atoms with Crippen molar-refractivity contribution in [2.45, 2.75) is 13.7 Å². The maximum atomic E-state index is 10.8. The van der Waals surface area contributed by atoms with Crippen molar-refractivity contribution in [3.63, 3.8) is 0 Å². The van der Waals surface area contributed by atoms with Crippen LogP contribution in [-0.2, 0) is 3.79 Å². The summed E-state index contributed by atoms with van der Waals surface area (Å²) < 4.78 is -1.74. The smallest absolute Gasteiger partial charge is 0.258 e. The number of hydrogen-bond donors (Lipinski definition) is 0. The van der Waals surface area contributed by atoms with Gasteiger partial charge in [0.25, 0.3) is 5.69 Å². The highest BCUT2D eigenvalue weighted by Crippen LogP contribution is 2.47. The summed E-state index contributed by atoms with van der Waals surface area (Å²) in [4.78, 5) is 15.1.